The van der Waals surface area contributed by atoms with Gasteiger partial charge in [0.05, 0.1) is 6.04 Å². The van der Waals surface area contributed by atoms with E-state index in [2.05, 4.69) is 34.7 Å². The summed E-state index contributed by atoms with van der Waals surface area (Å²) in [6.45, 7) is 4.15. The molecule has 0 amide bonds. The maximum Gasteiger partial charge on any atom is 0.137 e. The van der Waals surface area contributed by atoms with Gasteiger partial charge in [-0.2, -0.15) is 0 Å². The quantitative estimate of drug-likeness (QED) is 0.795. The van der Waals surface area contributed by atoms with Gasteiger partial charge >= 0.3 is 0 Å². The highest BCUT2D eigenvalue weighted by Gasteiger charge is 2.28. The molecule has 1 atom stereocenters. The van der Waals surface area contributed by atoms with Crippen LogP contribution in [0.15, 0.2) is 17.5 Å². The monoisotopic (exact) mass is 307 g/mol. The number of nitrogens with one attached hydrogen (secondary N) is 1. The predicted molar refractivity (Wildman–Crippen MR) is 84.7 cm³/mol. The number of anilines is 1. The molecule has 1 aliphatic carbocycles. The number of aromatic nitrogens is 2. The highest BCUT2D eigenvalue weighted by atomic mass is 35.5. The molecule has 20 heavy (non-hydrogen) atoms. The first kappa shape index (κ1) is 13.8. The van der Waals surface area contributed by atoms with E-state index in [0.29, 0.717) is 11.1 Å². The van der Waals surface area contributed by atoms with E-state index >= 15 is 0 Å². The third-order valence-electron chi connectivity index (χ3n) is 3.65. The molecule has 1 N–H and O–H groups in total. The van der Waals surface area contributed by atoms with Crippen LogP contribution in [0.5, 0.6) is 0 Å². The Kier molecular flexibility index (Phi) is 3.94. The van der Waals surface area contributed by atoms with Crippen molar-refractivity contribution in [2.24, 2.45) is 0 Å². The van der Waals surface area contributed by atoms with E-state index in [1.807, 2.05) is 6.92 Å². The molecule has 1 aliphatic rings. The standard InChI is InChI=1S/C15H18ClN3S/c1-3-11(12-5-4-8-20-12)17-14-9(2)13(16)18-15(19-14)10-6-7-10/h4-5,8,10-11H,3,6-7H2,1-2H3,(H,17,18,19). The van der Waals surface area contributed by atoms with Crippen LogP contribution in [0.2, 0.25) is 5.15 Å². The Morgan fingerprint density at radius 2 is 2.25 bits per heavy atom. The molecule has 2 aromatic rings. The van der Waals surface area contributed by atoms with E-state index in [4.69, 9.17) is 16.6 Å². The lowest BCUT2D eigenvalue weighted by Crippen LogP contribution is -2.12. The molecule has 1 saturated carbocycles. The Hall–Kier alpha value is -1.13. The highest BCUT2D eigenvalue weighted by molar-refractivity contribution is 7.10. The van der Waals surface area contributed by atoms with Gasteiger partial charge in [0.25, 0.3) is 0 Å². The second-order valence-corrected chi connectivity index (χ2v) is 6.58. The smallest absolute Gasteiger partial charge is 0.137 e. The first-order valence-electron chi connectivity index (χ1n) is 7.03. The van der Waals surface area contributed by atoms with Gasteiger partial charge in [0.2, 0.25) is 0 Å². The second-order valence-electron chi connectivity index (χ2n) is 5.24. The van der Waals surface area contributed by atoms with E-state index in [1.165, 1.54) is 17.7 Å². The second kappa shape index (κ2) is 5.70. The number of halogens is 1. The zero-order valence-corrected chi connectivity index (χ0v) is 13.3. The van der Waals surface area contributed by atoms with Gasteiger partial charge in [-0.25, -0.2) is 9.97 Å². The lowest BCUT2D eigenvalue weighted by molar-refractivity contribution is 0.752. The minimum Gasteiger partial charge on any atom is -0.362 e. The van der Waals surface area contributed by atoms with Gasteiger partial charge in [-0.3, -0.25) is 0 Å². The van der Waals surface area contributed by atoms with E-state index < -0.39 is 0 Å². The molecule has 0 aromatic carbocycles. The lowest BCUT2D eigenvalue weighted by atomic mass is 10.2. The summed E-state index contributed by atoms with van der Waals surface area (Å²) in [4.78, 5) is 10.4. The summed E-state index contributed by atoms with van der Waals surface area (Å²) in [5, 5.41) is 6.22. The lowest BCUT2D eigenvalue weighted by Gasteiger charge is -2.18. The molecule has 0 spiro atoms. The van der Waals surface area contributed by atoms with Gasteiger partial charge in [0.15, 0.2) is 0 Å². The molecule has 3 nitrogen and oxygen atoms in total. The molecule has 0 radical (unpaired) electrons. The number of rotatable bonds is 5. The number of nitrogens with zero attached hydrogens (tertiary/aromatic N) is 2. The zero-order chi connectivity index (χ0) is 14.1. The molecular weight excluding hydrogens is 290 g/mol. The van der Waals surface area contributed by atoms with Crippen LogP contribution in [0.25, 0.3) is 0 Å². The Morgan fingerprint density at radius 1 is 1.45 bits per heavy atom. The maximum atomic E-state index is 6.25. The fourth-order valence-electron chi connectivity index (χ4n) is 2.20. The van der Waals surface area contributed by atoms with Crippen LogP contribution in [-0.4, -0.2) is 9.97 Å². The average Bonchev–Trinajstić information content (AvgIpc) is 3.16. The first-order valence-corrected chi connectivity index (χ1v) is 8.28. The number of hydrogen-bond donors (Lipinski definition) is 1. The van der Waals surface area contributed by atoms with Crippen molar-refractivity contribution in [3.8, 4) is 0 Å². The van der Waals surface area contributed by atoms with Crippen molar-refractivity contribution in [3.05, 3.63) is 38.9 Å². The molecule has 0 saturated heterocycles. The average molecular weight is 308 g/mol. The Balaban J connectivity index is 1.89. The van der Waals surface area contributed by atoms with Crippen LogP contribution >= 0.6 is 22.9 Å². The number of hydrogen-bond acceptors (Lipinski definition) is 4. The molecule has 0 aliphatic heterocycles. The predicted octanol–water partition coefficient (Wildman–Crippen LogP) is 4.94. The molecule has 5 heteroatoms. The van der Waals surface area contributed by atoms with Crippen molar-refractivity contribution < 1.29 is 0 Å². The largest absolute Gasteiger partial charge is 0.362 e. The van der Waals surface area contributed by atoms with Gasteiger partial charge in [-0.15, -0.1) is 11.3 Å². The third kappa shape index (κ3) is 2.81. The van der Waals surface area contributed by atoms with Crippen molar-refractivity contribution in [1.29, 1.82) is 0 Å². The number of thiophene rings is 1. The van der Waals surface area contributed by atoms with Crippen LogP contribution in [0.4, 0.5) is 5.82 Å². The molecule has 2 aromatic heterocycles. The fourth-order valence-corrected chi connectivity index (χ4v) is 3.24. The first-order chi connectivity index (χ1) is 9.69. The van der Waals surface area contributed by atoms with E-state index in [-0.39, 0.29) is 6.04 Å². The van der Waals surface area contributed by atoms with Crippen molar-refractivity contribution in [2.45, 2.75) is 45.1 Å². The van der Waals surface area contributed by atoms with Gasteiger partial charge in [-0.1, -0.05) is 24.6 Å². The van der Waals surface area contributed by atoms with Gasteiger partial charge in [0.1, 0.15) is 16.8 Å². The summed E-state index contributed by atoms with van der Waals surface area (Å²) in [6.07, 6.45) is 3.38. The van der Waals surface area contributed by atoms with Crippen molar-refractivity contribution >= 4 is 28.8 Å². The summed E-state index contributed by atoms with van der Waals surface area (Å²) in [5.41, 5.74) is 0.936. The van der Waals surface area contributed by atoms with Gasteiger partial charge in [-0.05, 0) is 37.6 Å². The summed E-state index contributed by atoms with van der Waals surface area (Å²) in [6, 6.07) is 4.53. The topological polar surface area (TPSA) is 37.8 Å². The van der Waals surface area contributed by atoms with Gasteiger partial charge < -0.3 is 5.32 Å². The molecule has 3 rings (SSSR count). The van der Waals surface area contributed by atoms with E-state index in [9.17, 15) is 0 Å². The third-order valence-corrected chi connectivity index (χ3v) is 5.01. The van der Waals surface area contributed by atoms with Crippen molar-refractivity contribution in [1.82, 2.24) is 9.97 Å². The van der Waals surface area contributed by atoms with Crippen molar-refractivity contribution in [3.63, 3.8) is 0 Å². The van der Waals surface area contributed by atoms with Crippen LogP contribution in [-0.2, 0) is 0 Å². The molecular formula is C15H18ClN3S. The maximum absolute atomic E-state index is 6.25. The van der Waals surface area contributed by atoms with Gasteiger partial charge in [0, 0.05) is 16.4 Å². The summed E-state index contributed by atoms with van der Waals surface area (Å²) < 4.78 is 0. The summed E-state index contributed by atoms with van der Waals surface area (Å²) in [5.74, 6) is 2.28. The van der Waals surface area contributed by atoms with Crippen LogP contribution in [0.3, 0.4) is 0 Å². The zero-order valence-electron chi connectivity index (χ0n) is 11.7. The molecule has 1 unspecified atom stereocenters. The highest BCUT2D eigenvalue weighted by Crippen LogP contribution is 2.40. The van der Waals surface area contributed by atoms with Crippen molar-refractivity contribution in [2.75, 3.05) is 5.32 Å². The van der Waals surface area contributed by atoms with Crippen LogP contribution < -0.4 is 5.32 Å². The molecule has 106 valence electrons. The normalized spacial score (nSPS) is 16.1. The minimum absolute atomic E-state index is 0.284. The molecule has 0 bridgehead atoms. The van der Waals surface area contributed by atoms with Crippen LogP contribution in [0.1, 0.15) is 54.4 Å². The summed E-state index contributed by atoms with van der Waals surface area (Å²) in [7, 11) is 0. The van der Waals surface area contributed by atoms with E-state index in [0.717, 1.165) is 23.6 Å². The van der Waals surface area contributed by atoms with Crippen LogP contribution in [0, 0.1) is 6.92 Å². The Labute approximate surface area is 128 Å². The molecule has 2 heterocycles. The Bertz CT molecular complexity index is 593. The molecule has 1 fully saturated rings. The van der Waals surface area contributed by atoms with E-state index in [1.54, 1.807) is 11.3 Å². The fraction of sp³-hybridized carbons (Fsp3) is 0.467. The Morgan fingerprint density at radius 3 is 2.85 bits per heavy atom. The minimum atomic E-state index is 0.284. The summed E-state index contributed by atoms with van der Waals surface area (Å²) >= 11 is 8.02. The SMILES string of the molecule is CCC(Nc1nc(C2CC2)nc(Cl)c1C)c1cccs1.